The Morgan fingerprint density at radius 3 is 2.34 bits per heavy atom. The molecule has 0 bridgehead atoms. The first kappa shape index (κ1) is 30.6. The predicted molar refractivity (Wildman–Crippen MR) is 182 cm³/mol. The zero-order valence-corrected chi connectivity index (χ0v) is 27.3. The average Bonchev–Trinajstić information content (AvgIpc) is 3.43. The van der Waals surface area contributed by atoms with Gasteiger partial charge in [-0.15, -0.1) is 0 Å². The third-order valence-electron chi connectivity index (χ3n) is 9.24. The van der Waals surface area contributed by atoms with E-state index in [2.05, 4.69) is 4.57 Å². The topological polar surface area (TPSA) is 133 Å². The number of amides is 1. The molecule has 0 unspecified atom stereocenters. The standard InChI is InChI=1S/C36H33N3O7S/c1-20-16-23-10-11-24(18-31(23)45-35(20)41)33-37-29-17-25(12-15-30(29)38(33)26-8-6-5-7-9-26)34(40)39(47(4,43)44)27-13-14-28-21(2)22(3)36(42)46-32(28)19-27/h10-19,26H,5-9H2,1-4H3. The zero-order chi connectivity index (χ0) is 33.2. The molecule has 1 fully saturated rings. The molecule has 1 saturated carbocycles. The maximum absolute atomic E-state index is 14.0. The number of nitrogens with zero attached hydrogens (tertiary/aromatic N) is 3. The Morgan fingerprint density at radius 2 is 1.60 bits per heavy atom. The van der Waals surface area contributed by atoms with E-state index in [1.807, 2.05) is 24.3 Å². The van der Waals surface area contributed by atoms with E-state index in [1.54, 1.807) is 45.0 Å². The number of benzene rings is 3. The summed E-state index contributed by atoms with van der Waals surface area (Å²) in [4.78, 5) is 43.6. The summed E-state index contributed by atoms with van der Waals surface area (Å²) in [5.74, 6) is -0.0895. The van der Waals surface area contributed by atoms with Crippen molar-refractivity contribution >= 4 is 54.6 Å². The van der Waals surface area contributed by atoms with Crippen molar-refractivity contribution in [3.05, 3.63) is 104 Å². The number of carbonyl (C=O) groups is 1. The SMILES string of the molecule is Cc1cc2ccc(-c3nc4cc(C(=O)N(c5ccc6c(C)c(C)c(=O)oc6c5)S(C)(=O)=O)ccc4n3C3CCCCC3)cc2oc1=O. The smallest absolute Gasteiger partial charge is 0.339 e. The number of aromatic nitrogens is 2. The third kappa shape index (κ3) is 5.34. The molecule has 0 spiro atoms. The Balaban J connectivity index is 1.36. The molecule has 240 valence electrons. The van der Waals surface area contributed by atoms with Gasteiger partial charge in [0.25, 0.3) is 5.91 Å². The summed E-state index contributed by atoms with van der Waals surface area (Å²) < 4.78 is 40.1. The van der Waals surface area contributed by atoms with Gasteiger partial charge < -0.3 is 13.4 Å². The molecule has 0 aliphatic heterocycles. The van der Waals surface area contributed by atoms with E-state index in [4.69, 9.17) is 13.8 Å². The van der Waals surface area contributed by atoms with Crippen molar-refractivity contribution in [2.75, 3.05) is 10.6 Å². The Morgan fingerprint density at radius 1 is 0.851 bits per heavy atom. The lowest BCUT2D eigenvalue weighted by Crippen LogP contribution is -2.36. The Kier molecular flexibility index (Phi) is 7.39. The van der Waals surface area contributed by atoms with Gasteiger partial charge in [-0.2, -0.15) is 0 Å². The highest BCUT2D eigenvalue weighted by Gasteiger charge is 2.29. The van der Waals surface area contributed by atoms with E-state index in [-0.39, 0.29) is 22.9 Å². The number of hydrogen-bond acceptors (Lipinski definition) is 8. The summed E-state index contributed by atoms with van der Waals surface area (Å²) in [6.45, 7) is 5.17. The molecule has 3 aromatic carbocycles. The second-order valence-corrected chi connectivity index (χ2v) is 14.3. The Hall–Kier alpha value is -5.03. The van der Waals surface area contributed by atoms with Gasteiger partial charge in [0.15, 0.2) is 0 Å². The largest absolute Gasteiger partial charge is 0.423 e. The molecule has 1 amide bonds. The van der Waals surface area contributed by atoms with Gasteiger partial charge in [0.05, 0.1) is 23.0 Å². The van der Waals surface area contributed by atoms with Crippen LogP contribution in [0.25, 0.3) is 44.4 Å². The molecule has 1 aliphatic carbocycles. The second kappa shape index (κ2) is 11.3. The molecule has 6 aromatic rings. The van der Waals surface area contributed by atoms with Crippen molar-refractivity contribution in [2.45, 2.75) is 58.9 Å². The van der Waals surface area contributed by atoms with E-state index >= 15 is 0 Å². The summed E-state index contributed by atoms with van der Waals surface area (Å²) in [6.07, 6.45) is 6.23. The number of imidazole rings is 1. The van der Waals surface area contributed by atoms with Gasteiger partial charge in [-0.25, -0.2) is 27.3 Å². The molecule has 1 aliphatic rings. The average molecular weight is 652 g/mol. The van der Waals surface area contributed by atoms with Crippen LogP contribution in [0.3, 0.4) is 0 Å². The number of rotatable bonds is 5. The molecular formula is C36H33N3O7S. The van der Waals surface area contributed by atoms with Crippen LogP contribution in [0, 0.1) is 20.8 Å². The van der Waals surface area contributed by atoms with Gasteiger partial charge >= 0.3 is 11.3 Å². The second-order valence-electron chi connectivity index (χ2n) is 12.4. The molecule has 3 heterocycles. The van der Waals surface area contributed by atoms with Crippen molar-refractivity contribution in [3.8, 4) is 11.4 Å². The van der Waals surface area contributed by atoms with Crippen molar-refractivity contribution in [3.63, 3.8) is 0 Å². The number of hydrogen-bond donors (Lipinski definition) is 0. The lowest BCUT2D eigenvalue weighted by molar-refractivity contribution is 0.101. The third-order valence-corrected chi connectivity index (χ3v) is 10.3. The fourth-order valence-corrected chi connectivity index (χ4v) is 7.54. The van der Waals surface area contributed by atoms with Crippen LogP contribution < -0.4 is 15.6 Å². The van der Waals surface area contributed by atoms with Crippen LogP contribution in [0.1, 0.15) is 65.2 Å². The Bertz CT molecular complexity index is 2490. The van der Waals surface area contributed by atoms with E-state index in [9.17, 15) is 22.8 Å². The number of fused-ring (bicyclic) bond motifs is 3. The van der Waals surface area contributed by atoms with Crippen LogP contribution in [-0.4, -0.2) is 30.1 Å². The fourth-order valence-electron chi connectivity index (χ4n) is 6.64. The van der Waals surface area contributed by atoms with E-state index < -0.39 is 27.2 Å². The highest BCUT2D eigenvalue weighted by Crippen LogP contribution is 2.37. The first-order valence-corrected chi connectivity index (χ1v) is 17.4. The predicted octanol–water partition coefficient (Wildman–Crippen LogP) is 6.95. The minimum atomic E-state index is -4.10. The molecule has 11 heteroatoms. The highest BCUT2D eigenvalue weighted by molar-refractivity contribution is 7.92. The number of sulfonamides is 1. The monoisotopic (exact) mass is 651 g/mol. The van der Waals surface area contributed by atoms with Gasteiger partial charge in [-0.1, -0.05) is 31.4 Å². The minimum Gasteiger partial charge on any atom is -0.423 e. The lowest BCUT2D eigenvalue weighted by Gasteiger charge is -2.26. The number of anilines is 1. The van der Waals surface area contributed by atoms with Gasteiger partial charge in [0, 0.05) is 45.1 Å². The molecule has 0 saturated heterocycles. The normalized spacial score (nSPS) is 14.3. The molecule has 0 atom stereocenters. The molecule has 10 nitrogen and oxygen atoms in total. The highest BCUT2D eigenvalue weighted by atomic mass is 32.2. The van der Waals surface area contributed by atoms with E-state index in [0.717, 1.165) is 64.7 Å². The molecule has 47 heavy (non-hydrogen) atoms. The summed E-state index contributed by atoms with van der Waals surface area (Å²) >= 11 is 0. The minimum absolute atomic E-state index is 0.0535. The fraction of sp³-hybridized carbons (Fsp3) is 0.278. The van der Waals surface area contributed by atoms with Crippen LogP contribution in [-0.2, 0) is 10.0 Å². The van der Waals surface area contributed by atoms with Gasteiger partial charge in [-0.05, 0) is 81.6 Å². The van der Waals surface area contributed by atoms with Crippen molar-refractivity contribution in [1.82, 2.24) is 9.55 Å². The maximum Gasteiger partial charge on any atom is 0.339 e. The van der Waals surface area contributed by atoms with E-state index in [0.29, 0.717) is 33.4 Å². The van der Waals surface area contributed by atoms with Crippen LogP contribution in [0.5, 0.6) is 0 Å². The molecular weight excluding hydrogens is 618 g/mol. The molecule has 7 rings (SSSR count). The molecule has 0 N–H and O–H groups in total. The summed E-state index contributed by atoms with van der Waals surface area (Å²) in [6, 6.07) is 17.2. The van der Waals surface area contributed by atoms with Crippen molar-refractivity contribution < 1.29 is 22.0 Å². The van der Waals surface area contributed by atoms with Crippen molar-refractivity contribution in [2.24, 2.45) is 0 Å². The van der Waals surface area contributed by atoms with Crippen LogP contribution >= 0.6 is 0 Å². The first-order valence-electron chi connectivity index (χ1n) is 15.6. The lowest BCUT2D eigenvalue weighted by atomic mass is 9.94. The number of carbonyl (C=O) groups excluding carboxylic acids is 1. The number of aryl methyl sites for hydroxylation is 2. The summed E-state index contributed by atoms with van der Waals surface area (Å²) in [5, 5.41) is 1.45. The van der Waals surface area contributed by atoms with Gasteiger partial charge in [0.2, 0.25) is 10.0 Å². The van der Waals surface area contributed by atoms with Gasteiger partial charge in [-0.3, -0.25) is 4.79 Å². The van der Waals surface area contributed by atoms with Crippen LogP contribution in [0.2, 0.25) is 0 Å². The van der Waals surface area contributed by atoms with Crippen LogP contribution in [0.15, 0.2) is 79.1 Å². The first-order chi connectivity index (χ1) is 22.4. The van der Waals surface area contributed by atoms with Gasteiger partial charge in [0.1, 0.15) is 17.0 Å². The van der Waals surface area contributed by atoms with E-state index in [1.165, 1.54) is 12.1 Å². The summed E-state index contributed by atoms with van der Waals surface area (Å²) in [5.41, 5.74) is 3.73. The molecule has 3 aromatic heterocycles. The Labute approximate surface area is 270 Å². The molecule has 0 radical (unpaired) electrons. The van der Waals surface area contributed by atoms with Crippen molar-refractivity contribution in [1.29, 1.82) is 0 Å². The zero-order valence-electron chi connectivity index (χ0n) is 26.5. The van der Waals surface area contributed by atoms with Crippen LogP contribution in [0.4, 0.5) is 5.69 Å². The maximum atomic E-state index is 14.0. The summed E-state index contributed by atoms with van der Waals surface area (Å²) in [7, 11) is -4.10. The quantitative estimate of drug-likeness (QED) is 0.183.